The number of benzene rings is 1. The predicted molar refractivity (Wildman–Crippen MR) is 78.0 cm³/mol. The summed E-state index contributed by atoms with van der Waals surface area (Å²) in [5, 5.41) is 0. The maximum absolute atomic E-state index is 12.1. The fourth-order valence-electron chi connectivity index (χ4n) is 2.67. The number of rotatable bonds is 4. The third kappa shape index (κ3) is 4.48. The number of halogens is 3. The van der Waals surface area contributed by atoms with Crippen molar-refractivity contribution in [3.8, 4) is 17.0 Å². The van der Waals surface area contributed by atoms with Crippen LogP contribution >= 0.6 is 0 Å². The molecule has 3 rings (SSSR count). The Morgan fingerprint density at radius 3 is 2.52 bits per heavy atom. The number of nitrogens with one attached hydrogen (secondary N) is 1. The molecule has 1 N–H and O–H groups in total. The number of aromatic nitrogens is 2. The molecule has 2 heterocycles. The molecule has 0 spiro atoms. The molecule has 23 heavy (non-hydrogen) atoms. The van der Waals surface area contributed by atoms with Crippen molar-refractivity contribution < 1.29 is 22.6 Å². The van der Waals surface area contributed by atoms with E-state index in [0.717, 1.165) is 49.6 Å². The van der Waals surface area contributed by atoms with Gasteiger partial charge in [-0.05, 0) is 48.6 Å². The summed E-state index contributed by atoms with van der Waals surface area (Å²) in [7, 11) is 0. The molecule has 1 saturated heterocycles. The van der Waals surface area contributed by atoms with Gasteiger partial charge in [0.25, 0.3) is 0 Å². The number of hydrogen-bond acceptors (Lipinski definition) is 3. The van der Waals surface area contributed by atoms with Crippen molar-refractivity contribution in [2.75, 3.05) is 13.2 Å². The summed E-state index contributed by atoms with van der Waals surface area (Å²) in [6, 6.07) is 5.74. The Balaban J connectivity index is 1.65. The van der Waals surface area contributed by atoms with Gasteiger partial charge >= 0.3 is 6.36 Å². The normalized spacial score (nSPS) is 16.5. The van der Waals surface area contributed by atoms with Gasteiger partial charge in [0.1, 0.15) is 11.6 Å². The smallest absolute Gasteiger partial charge is 0.406 e. The van der Waals surface area contributed by atoms with Crippen LogP contribution in [0.25, 0.3) is 11.3 Å². The summed E-state index contributed by atoms with van der Waals surface area (Å²) in [6.07, 6.45) is -0.0572. The lowest BCUT2D eigenvalue weighted by atomic mass is 9.96. The lowest BCUT2D eigenvalue weighted by molar-refractivity contribution is -0.274. The number of alkyl halides is 3. The average molecular weight is 326 g/mol. The summed E-state index contributed by atoms with van der Waals surface area (Å²) in [4.78, 5) is 7.59. The van der Waals surface area contributed by atoms with Gasteiger partial charge in [-0.25, -0.2) is 4.98 Å². The third-order valence-corrected chi connectivity index (χ3v) is 3.85. The van der Waals surface area contributed by atoms with Crippen molar-refractivity contribution in [1.82, 2.24) is 9.97 Å². The van der Waals surface area contributed by atoms with E-state index in [1.807, 2.05) is 0 Å². The van der Waals surface area contributed by atoms with E-state index in [-0.39, 0.29) is 5.75 Å². The molecule has 0 amide bonds. The van der Waals surface area contributed by atoms with Crippen LogP contribution < -0.4 is 4.74 Å². The summed E-state index contributed by atoms with van der Waals surface area (Å²) in [5.41, 5.74) is 1.55. The molecule has 2 aromatic rings. The minimum Gasteiger partial charge on any atom is -0.406 e. The highest BCUT2D eigenvalue weighted by Crippen LogP contribution is 2.26. The highest BCUT2D eigenvalue weighted by atomic mass is 19.4. The Bertz CT molecular complexity index is 632. The number of hydrogen-bond donors (Lipinski definition) is 1. The van der Waals surface area contributed by atoms with Gasteiger partial charge in [-0.3, -0.25) is 0 Å². The van der Waals surface area contributed by atoms with Crippen LogP contribution in [0, 0.1) is 5.92 Å². The van der Waals surface area contributed by atoms with Crippen molar-refractivity contribution in [3.63, 3.8) is 0 Å². The second kappa shape index (κ2) is 6.62. The second-order valence-electron chi connectivity index (χ2n) is 5.58. The van der Waals surface area contributed by atoms with Crippen LogP contribution in [0.5, 0.6) is 5.75 Å². The van der Waals surface area contributed by atoms with Gasteiger partial charge in [0.15, 0.2) is 0 Å². The number of ether oxygens (including phenoxy) is 2. The first-order valence-corrected chi connectivity index (χ1v) is 7.47. The van der Waals surface area contributed by atoms with Crippen molar-refractivity contribution in [2.24, 2.45) is 5.92 Å². The zero-order valence-corrected chi connectivity index (χ0v) is 12.4. The molecular formula is C16H17F3N2O2. The molecule has 0 radical (unpaired) electrons. The van der Waals surface area contributed by atoms with Gasteiger partial charge < -0.3 is 14.5 Å². The van der Waals surface area contributed by atoms with Gasteiger partial charge in [0, 0.05) is 19.6 Å². The van der Waals surface area contributed by atoms with E-state index in [2.05, 4.69) is 14.7 Å². The largest absolute Gasteiger partial charge is 0.573 e. The third-order valence-electron chi connectivity index (χ3n) is 3.85. The molecular weight excluding hydrogens is 309 g/mol. The van der Waals surface area contributed by atoms with E-state index in [1.165, 1.54) is 12.1 Å². The van der Waals surface area contributed by atoms with Crippen LogP contribution in [0.15, 0.2) is 30.5 Å². The van der Waals surface area contributed by atoms with E-state index in [1.54, 1.807) is 18.3 Å². The Hall–Kier alpha value is -2.02. The Kier molecular flexibility index (Phi) is 4.56. The molecule has 1 fully saturated rings. The Morgan fingerprint density at radius 2 is 1.87 bits per heavy atom. The maximum Gasteiger partial charge on any atom is 0.573 e. The molecule has 0 unspecified atom stereocenters. The van der Waals surface area contributed by atoms with Crippen molar-refractivity contribution in [2.45, 2.75) is 25.6 Å². The van der Waals surface area contributed by atoms with Crippen molar-refractivity contribution in [1.29, 1.82) is 0 Å². The fraction of sp³-hybridized carbons (Fsp3) is 0.438. The van der Waals surface area contributed by atoms with Gasteiger partial charge in [0.05, 0.1) is 11.9 Å². The van der Waals surface area contributed by atoms with Crippen molar-refractivity contribution in [3.05, 3.63) is 36.3 Å². The first kappa shape index (κ1) is 15.9. The fourth-order valence-corrected chi connectivity index (χ4v) is 2.67. The summed E-state index contributed by atoms with van der Waals surface area (Å²) in [6.45, 7) is 1.58. The number of imidazole rings is 1. The Morgan fingerprint density at radius 1 is 1.17 bits per heavy atom. The molecule has 4 nitrogen and oxygen atoms in total. The van der Waals surface area contributed by atoms with Crippen LogP contribution in [0.3, 0.4) is 0 Å². The van der Waals surface area contributed by atoms with Gasteiger partial charge in [-0.1, -0.05) is 0 Å². The van der Waals surface area contributed by atoms with Crippen LogP contribution in [-0.2, 0) is 11.2 Å². The molecule has 1 aliphatic heterocycles. The van der Waals surface area contributed by atoms with Gasteiger partial charge in [-0.2, -0.15) is 0 Å². The van der Waals surface area contributed by atoms with E-state index < -0.39 is 6.36 Å². The minimum atomic E-state index is -4.67. The van der Waals surface area contributed by atoms with Gasteiger partial charge in [0.2, 0.25) is 0 Å². The summed E-state index contributed by atoms with van der Waals surface area (Å²) >= 11 is 0. The van der Waals surface area contributed by atoms with E-state index in [9.17, 15) is 13.2 Å². The molecule has 0 saturated carbocycles. The standard InChI is InChI=1S/C16H17F3N2O2/c17-16(18,19)23-13-3-1-12(2-4-13)14-10-20-15(21-14)9-11-5-7-22-8-6-11/h1-4,10-11H,5-9H2,(H,20,21). The quantitative estimate of drug-likeness (QED) is 0.925. The zero-order chi connectivity index (χ0) is 16.3. The van der Waals surface area contributed by atoms with E-state index in [4.69, 9.17) is 4.74 Å². The lowest BCUT2D eigenvalue weighted by Gasteiger charge is -2.20. The van der Waals surface area contributed by atoms with Crippen LogP contribution in [0.2, 0.25) is 0 Å². The summed E-state index contributed by atoms with van der Waals surface area (Å²) in [5.74, 6) is 1.22. The lowest BCUT2D eigenvalue weighted by Crippen LogP contribution is -2.18. The maximum atomic E-state index is 12.1. The van der Waals surface area contributed by atoms with Crippen LogP contribution in [-0.4, -0.2) is 29.5 Å². The Labute approximate surface area is 131 Å². The molecule has 1 aromatic carbocycles. The SMILES string of the molecule is FC(F)(F)Oc1ccc(-c2cnc(CC3CCOCC3)[nH]2)cc1. The molecule has 0 bridgehead atoms. The molecule has 1 aliphatic rings. The first-order chi connectivity index (χ1) is 11.0. The predicted octanol–water partition coefficient (Wildman–Crippen LogP) is 3.94. The van der Waals surface area contributed by atoms with Gasteiger partial charge in [-0.15, -0.1) is 13.2 Å². The van der Waals surface area contributed by atoms with Crippen LogP contribution in [0.4, 0.5) is 13.2 Å². The molecule has 1 aromatic heterocycles. The first-order valence-electron chi connectivity index (χ1n) is 7.47. The monoisotopic (exact) mass is 326 g/mol. The van der Waals surface area contributed by atoms with Crippen molar-refractivity contribution >= 4 is 0 Å². The topological polar surface area (TPSA) is 47.1 Å². The average Bonchev–Trinajstić information content (AvgIpc) is 2.96. The van der Waals surface area contributed by atoms with E-state index >= 15 is 0 Å². The highest BCUT2D eigenvalue weighted by molar-refractivity contribution is 5.59. The molecule has 124 valence electrons. The summed E-state index contributed by atoms with van der Waals surface area (Å²) < 4.78 is 45.6. The number of H-pyrrole nitrogens is 1. The molecule has 0 atom stereocenters. The zero-order valence-electron chi connectivity index (χ0n) is 12.4. The second-order valence-corrected chi connectivity index (χ2v) is 5.58. The highest BCUT2D eigenvalue weighted by Gasteiger charge is 2.31. The minimum absolute atomic E-state index is 0.233. The molecule has 7 heteroatoms. The van der Waals surface area contributed by atoms with E-state index in [0.29, 0.717) is 5.92 Å². The molecule has 0 aliphatic carbocycles. The number of aromatic amines is 1. The van der Waals surface area contributed by atoms with Crippen LogP contribution in [0.1, 0.15) is 18.7 Å². The number of nitrogens with zero attached hydrogens (tertiary/aromatic N) is 1.